The molecular formula is C10H16ClN3O. The summed E-state index contributed by atoms with van der Waals surface area (Å²) in [6.45, 7) is 2.70. The van der Waals surface area contributed by atoms with Gasteiger partial charge >= 0.3 is 0 Å². The number of hydrogen-bond donors (Lipinski definition) is 1. The highest BCUT2D eigenvalue weighted by Crippen LogP contribution is 2.37. The van der Waals surface area contributed by atoms with Crippen molar-refractivity contribution < 1.29 is 5.11 Å². The molecule has 2 unspecified atom stereocenters. The third kappa shape index (κ3) is 1.67. The molecular weight excluding hydrogens is 214 g/mol. The first-order valence-corrected chi connectivity index (χ1v) is 5.42. The minimum absolute atomic E-state index is 0.362. The molecule has 1 aliphatic rings. The molecule has 0 bridgehead atoms. The van der Waals surface area contributed by atoms with Gasteiger partial charge in [-0.25, -0.2) is 0 Å². The van der Waals surface area contributed by atoms with Crippen LogP contribution in [0.5, 0.6) is 0 Å². The molecule has 0 saturated carbocycles. The van der Waals surface area contributed by atoms with Crippen LogP contribution in [0.15, 0.2) is 6.20 Å². The summed E-state index contributed by atoms with van der Waals surface area (Å²) >= 11 is 6.05. The van der Waals surface area contributed by atoms with Gasteiger partial charge in [-0.3, -0.25) is 4.68 Å². The number of rotatable bonds is 1. The molecule has 1 aromatic heterocycles. The van der Waals surface area contributed by atoms with E-state index in [-0.39, 0.29) is 0 Å². The number of likely N-dealkylation sites (N-methyl/N-ethyl adjacent to an activating group) is 1. The SMILES string of the molecule is CC1CC(O)(c2c(Cl)cnn2C)CN1C. The highest BCUT2D eigenvalue weighted by molar-refractivity contribution is 6.31. The van der Waals surface area contributed by atoms with Crippen LogP contribution in [-0.2, 0) is 12.6 Å². The molecule has 2 atom stereocenters. The lowest BCUT2D eigenvalue weighted by molar-refractivity contribution is 0.0403. The van der Waals surface area contributed by atoms with Crippen LogP contribution >= 0.6 is 11.6 Å². The summed E-state index contributed by atoms with van der Waals surface area (Å²) < 4.78 is 1.66. The molecule has 1 aromatic rings. The first kappa shape index (κ1) is 10.9. The van der Waals surface area contributed by atoms with Crippen molar-refractivity contribution in [1.29, 1.82) is 0 Å². The fourth-order valence-electron chi connectivity index (χ4n) is 2.38. The van der Waals surface area contributed by atoms with E-state index in [4.69, 9.17) is 11.6 Å². The number of aliphatic hydroxyl groups is 1. The first-order chi connectivity index (χ1) is 6.94. The zero-order valence-corrected chi connectivity index (χ0v) is 9.99. The summed E-state index contributed by atoms with van der Waals surface area (Å²) in [7, 11) is 3.81. The van der Waals surface area contributed by atoms with Crippen LogP contribution in [0.2, 0.25) is 5.02 Å². The summed E-state index contributed by atoms with van der Waals surface area (Å²) in [5.41, 5.74) is -0.142. The van der Waals surface area contributed by atoms with Crippen molar-refractivity contribution in [2.45, 2.75) is 25.0 Å². The van der Waals surface area contributed by atoms with Crippen LogP contribution < -0.4 is 0 Å². The minimum Gasteiger partial charge on any atom is -0.382 e. The van der Waals surface area contributed by atoms with Gasteiger partial charge in [0.15, 0.2) is 0 Å². The molecule has 84 valence electrons. The maximum atomic E-state index is 10.6. The molecule has 0 aliphatic carbocycles. The Balaban J connectivity index is 2.39. The smallest absolute Gasteiger partial charge is 0.122 e. The Hall–Kier alpha value is -0.580. The van der Waals surface area contributed by atoms with E-state index in [1.54, 1.807) is 10.9 Å². The van der Waals surface area contributed by atoms with Gasteiger partial charge in [-0.1, -0.05) is 11.6 Å². The van der Waals surface area contributed by atoms with Crippen molar-refractivity contribution in [2.24, 2.45) is 7.05 Å². The Morgan fingerprint density at radius 1 is 1.60 bits per heavy atom. The lowest BCUT2D eigenvalue weighted by Crippen LogP contribution is -2.31. The van der Waals surface area contributed by atoms with Crippen LogP contribution in [0.1, 0.15) is 19.0 Å². The van der Waals surface area contributed by atoms with E-state index in [9.17, 15) is 5.11 Å². The minimum atomic E-state index is -0.865. The van der Waals surface area contributed by atoms with Gasteiger partial charge in [0.05, 0.1) is 16.9 Å². The van der Waals surface area contributed by atoms with Gasteiger partial charge in [-0.15, -0.1) is 0 Å². The molecule has 1 aliphatic heterocycles. The van der Waals surface area contributed by atoms with E-state index in [2.05, 4.69) is 16.9 Å². The Labute approximate surface area is 94.4 Å². The number of halogens is 1. The van der Waals surface area contributed by atoms with Crippen molar-refractivity contribution in [3.05, 3.63) is 16.9 Å². The summed E-state index contributed by atoms with van der Waals surface area (Å²) in [5.74, 6) is 0. The van der Waals surface area contributed by atoms with Crippen LogP contribution in [0, 0.1) is 0 Å². The predicted octanol–water partition coefficient (Wildman–Crippen LogP) is 0.985. The van der Waals surface area contributed by atoms with Crippen LogP contribution in [0.3, 0.4) is 0 Å². The molecule has 4 nitrogen and oxygen atoms in total. The largest absolute Gasteiger partial charge is 0.382 e. The van der Waals surface area contributed by atoms with Crippen molar-refractivity contribution >= 4 is 11.6 Å². The normalized spacial score (nSPS) is 32.5. The number of β-amino-alcohol motifs (C(OH)–C–C–N with tert-alkyl or cyclic N) is 1. The Kier molecular flexibility index (Phi) is 2.53. The van der Waals surface area contributed by atoms with E-state index in [1.807, 2.05) is 14.1 Å². The number of nitrogens with zero attached hydrogens (tertiary/aromatic N) is 3. The van der Waals surface area contributed by atoms with Crippen LogP contribution in [-0.4, -0.2) is 39.4 Å². The van der Waals surface area contributed by atoms with E-state index in [0.717, 1.165) is 5.69 Å². The van der Waals surface area contributed by atoms with E-state index in [1.165, 1.54) is 0 Å². The van der Waals surface area contributed by atoms with Gasteiger partial charge in [0, 0.05) is 19.6 Å². The third-order valence-corrected chi connectivity index (χ3v) is 3.51. The molecule has 15 heavy (non-hydrogen) atoms. The fraction of sp³-hybridized carbons (Fsp3) is 0.700. The molecule has 1 fully saturated rings. The standard InChI is InChI=1S/C10H16ClN3O/c1-7-4-10(15,6-13(7)2)9-8(11)5-12-14(9)3/h5,7,15H,4,6H2,1-3H3. The molecule has 0 spiro atoms. The first-order valence-electron chi connectivity index (χ1n) is 5.04. The predicted molar refractivity (Wildman–Crippen MR) is 58.8 cm³/mol. The maximum absolute atomic E-state index is 10.6. The quantitative estimate of drug-likeness (QED) is 0.781. The van der Waals surface area contributed by atoms with Crippen molar-refractivity contribution in [3.63, 3.8) is 0 Å². The van der Waals surface area contributed by atoms with E-state index < -0.39 is 5.60 Å². The molecule has 1 N–H and O–H groups in total. The Morgan fingerprint density at radius 3 is 2.67 bits per heavy atom. The van der Waals surface area contributed by atoms with Gasteiger partial charge in [0.25, 0.3) is 0 Å². The molecule has 5 heteroatoms. The van der Waals surface area contributed by atoms with Gasteiger partial charge < -0.3 is 10.0 Å². The number of aromatic nitrogens is 2. The number of likely N-dealkylation sites (tertiary alicyclic amines) is 1. The number of hydrogen-bond acceptors (Lipinski definition) is 3. The highest BCUT2D eigenvalue weighted by atomic mass is 35.5. The monoisotopic (exact) mass is 229 g/mol. The molecule has 2 rings (SSSR count). The van der Waals surface area contributed by atoms with Gasteiger partial charge in [0.2, 0.25) is 0 Å². The van der Waals surface area contributed by atoms with Crippen LogP contribution in [0.25, 0.3) is 0 Å². The van der Waals surface area contributed by atoms with Gasteiger partial charge in [-0.05, 0) is 20.4 Å². The molecule has 0 radical (unpaired) electrons. The molecule has 0 amide bonds. The lowest BCUT2D eigenvalue weighted by Gasteiger charge is -2.23. The average Bonchev–Trinajstić information content (AvgIpc) is 2.56. The lowest BCUT2D eigenvalue weighted by atomic mass is 9.96. The van der Waals surface area contributed by atoms with Gasteiger partial charge in [0.1, 0.15) is 5.60 Å². The zero-order valence-electron chi connectivity index (χ0n) is 9.24. The maximum Gasteiger partial charge on any atom is 0.122 e. The topological polar surface area (TPSA) is 41.3 Å². The fourth-order valence-corrected chi connectivity index (χ4v) is 2.73. The Morgan fingerprint density at radius 2 is 2.27 bits per heavy atom. The molecule has 1 saturated heterocycles. The van der Waals surface area contributed by atoms with Crippen molar-refractivity contribution in [1.82, 2.24) is 14.7 Å². The van der Waals surface area contributed by atoms with E-state index in [0.29, 0.717) is 24.0 Å². The Bertz CT molecular complexity index is 347. The molecule has 0 aromatic carbocycles. The zero-order chi connectivity index (χ0) is 11.2. The number of aryl methyl sites for hydroxylation is 1. The summed E-state index contributed by atoms with van der Waals surface area (Å²) in [6, 6.07) is 0.362. The second kappa shape index (κ2) is 3.47. The van der Waals surface area contributed by atoms with Crippen molar-refractivity contribution in [3.8, 4) is 0 Å². The van der Waals surface area contributed by atoms with E-state index >= 15 is 0 Å². The van der Waals surface area contributed by atoms with Gasteiger partial charge in [-0.2, -0.15) is 5.10 Å². The van der Waals surface area contributed by atoms with Crippen molar-refractivity contribution in [2.75, 3.05) is 13.6 Å². The molecule has 2 heterocycles. The third-order valence-electron chi connectivity index (χ3n) is 3.23. The highest BCUT2D eigenvalue weighted by Gasteiger charge is 2.43. The second-order valence-corrected chi connectivity index (χ2v) is 4.87. The average molecular weight is 230 g/mol. The van der Waals surface area contributed by atoms with Crippen LogP contribution in [0.4, 0.5) is 0 Å². The summed E-state index contributed by atoms with van der Waals surface area (Å²) in [6.07, 6.45) is 2.28. The summed E-state index contributed by atoms with van der Waals surface area (Å²) in [4.78, 5) is 2.13. The second-order valence-electron chi connectivity index (χ2n) is 4.46. The summed E-state index contributed by atoms with van der Waals surface area (Å²) in [5, 5.41) is 15.2.